The molecule has 0 atom stereocenters. The number of rotatable bonds is 5. The maximum Gasteiger partial charge on any atom is 0.491 e. The fourth-order valence-electron chi connectivity index (χ4n) is 2.33. The minimum atomic E-state index is -0.904. The monoisotopic (exact) mass is 323 g/mol. The van der Waals surface area contributed by atoms with E-state index in [4.69, 9.17) is 19.4 Å². The van der Waals surface area contributed by atoms with E-state index in [1.54, 1.807) is 30.3 Å². The molecule has 2 N–H and O–H groups in total. The highest BCUT2D eigenvalue weighted by atomic mass is 16.5. The van der Waals surface area contributed by atoms with Gasteiger partial charge in [-0.15, -0.1) is 0 Å². The van der Waals surface area contributed by atoms with Crippen molar-refractivity contribution in [3.63, 3.8) is 0 Å². The predicted octanol–water partition coefficient (Wildman–Crippen LogP) is 2.02. The largest absolute Gasteiger partial charge is 0.509 e. The van der Waals surface area contributed by atoms with Gasteiger partial charge in [0.2, 0.25) is 0 Å². The number of aliphatic hydroxyl groups excluding tert-OH is 1. The lowest BCUT2D eigenvalue weighted by Crippen LogP contribution is -2.27. The number of ether oxygens (including phenoxy) is 2. The lowest BCUT2D eigenvalue weighted by molar-refractivity contribution is 0.264. The van der Waals surface area contributed by atoms with Crippen LogP contribution in [0.1, 0.15) is 11.1 Å². The number of hydrogen-bond donors (Lipinski definition) is 2. The van der Waals surface area contributed by atoms with Crippen LogP contribution in [0.25, 0.3) is 0 Å². The van der Waals surface area contributed by atoms with Crippen molar-refractivity contribution >= 4 is 12.6 Å². The Morgan fingerprint density at radius 1 is 1.29 bits per heavy atom. The molecule has 7 heteroatoms. The molecule has 1 aliphatic heterocycles. The number of aliphatic hydroxyl groups is 1. The Morgan fingerprint density at radius 3 is 2.88 bits per heavy atom. The Balaban J connectivity index is 1.86. The summed E-state index contributed by atoms with van der Waals surface area (Å²) in [4.78, 5) is 0. The summed E-state index contributed by atoms with van der Waals surface area (Å²) in [7, 11) is -0.904. The standard InChI is InChI=1S/C17H14BNO5/c1-11(20)9-22-17-6-12(8-19)2-5-16(17)24-14-3-4-15-13(7-14)10-23-18(15)21/h2-7,20-21H,1,9-10H2. The lowest BCUT2D eigenvalue weighted by atomic mass is 9.80. The molecule has 0 saturated carbocycles. The third kappa shape index (κ3) is 3.35. The summed E-state index contributed by atoms with van der Waals surface area (Å²) in [5.41, 5.74) is 1.97. The second kappa shape index (κ2) is 6.66. The van der Waals surface area contributed by atoms with Crippen LogP contribution >= 0.6 is 0 Å². The van der Waals surface area contributed by atoms with Crippen LogP contribution in [0.4, 0.5) is 0 Å². The molecule has 24 heavy (non-hydrogen) atoms. The van der Waals surface area contributed by atoms with Gasteiger partial charge in [-0.05, 0) is 35.3 Å². The van der Waals surface area contributed by atoms with E-state index >= 15 is 0 Å². The molecule has 0 fully saturated rings. The molecule has 0 bridgehead atoms. The van der Waals surface area contributed by atoms with Gasteiger partial charge in [-0.2, -0.15) is 5.26 Å². The molecule has 2 aromatic rings. The van der Waals surface area contributed by atoms with Gasteiger partial charge in [0.25, 0.3) is 0 Å². The van der Waals surface area contributed by atoms with E-state index in [0.29, 0.717) is 29.4 Å². The minimum Gasteiger partial charge on any atom is -0.509 e. The first kappa shape index (κ1) is 15.9. The normalized spacial score (nSPS) is 12.4. The van der Waals surface area contributed by atoms with E-state index in [2.05, 4.69) is 6.58 Å². The van der Waals surface area contributed by atoms with Crippen LogP contribution < -0.4 is 14.9 Å². The van der Waals surface area contributed by atoms with Gasteiger partial charge in [0, 0.05) is 6.07 Å². The molecule has 3 rings (SSSR count). The van der Waals surface area contributed by atoms with Gasteiger partial charge in [0.1, 0.15) is 18.1 Å². The van der Waals surface area contributed by atoms with E-state index in [9.17, 15) is 10.1 Å². The van der Waals surface area contributed by atoms with Crippen molar-refractivity contribution in [3.05, 3.63) is 59.9 Å². The van der Waals surface area contributed by atoms with Crippen molar-refractivity contribution < 1.29 is 24.3 Å². The molecule has 2 aromatic carbocycles. The highest BCUT2D eigenvalue weighted by Gasteiger charge is 2.27. The Bertz CT molecular complexity index is 830. The van der Waals surface area contributed by atoms with Gasteiger partial charge in [-0.3, -0.25) is 0 Å². The summed E-state index contributed by atoms with van der Waals surface area (Å²) in [6, 6.07) is 12.0. The van der Waals surface area contributed by atoms with E-state index in [1.807, 2.05) is 6.07 Å². The molecule has 0 radical (unpaired) electrons. The van der Waals surface area contributed by atoms with Crippen LogP contribution in [-0.4, -0.2) is 23.9 Å². The summed E-state index contributed by atoms with van der Waals surface area (Å²) in [6.45, 7) is 3.57. The summed E-state index contributed by atoms with van der Waals surface area (Å²) < 4.78 is 16.4. The number of fused-ring (bicyclic) bond motifs is 1. The first-order valence-electron chi connectivity index (χ1n) is 7.21. The van der Waals surface area contributed by atoms with Crippen LogP contribution in [0, 0.1) is 11.3 Å². The average molecular weight is 323 g/mol. The maximum atomic E-state index is 9.64. The molecular formula is C17H14BNO5. The van der Waals surface area contributed by atoms with Crippen molar-refractivity contribution in [2.45, 2.75) is 6.61 Å². The van der Waals surface area contributed by atoms with Crippen LogP contribution in [0.3, 0.4) is 0 Å². The predicted molar refractivity (Wildman–Crippen MR) is 87.3 cm³/mol. The van der Waals surface area contributed by atoms with Crippen molar-refractivity contribution in [3.8, 4) is 23.3 Å². The molecule has 1 aliphatic rings. The molecular weight excluding hydrogens is 309 g/mol. The Hall–Kier alpha value is -2.95. The third-order valence-corrected chi connectivity index (χ3v) is 3.47. The summed E-state index contributed by atoms with van der Waals surface area (Å²) in [5, 5.41) is 27.8. The molecule has 0 amide bonds. The molecule has 0 saturated heterocycles. The molecule has 120 valence electrons. The average Bonchev–Trinajstić information content (AvgIpc) is 2.94. The topological polar surface area (TPSA) is 91.9 Å². The zero-order valence-electron chi connectivity index (χ0n) is 12.7. The van der Waals surface area contributed by atoms with Crippen molar-refractivity contribution in [2.24, 2.45) is 0 Å². The van der Waals surface area contributed by atoms with E-state index in [0.717, 1.165) is 11.0 Å². The van der Waals surface area contributed by atoms with E-state index < -0.39 is 7.12 Å². The fraction of sp³-hybridized carbons (Fsp3) is 0.118. The van der Waals surface area contributed by atoms with Gasteiger partial charge in [0.05, 0.1) is 18.2 Å². The molecule has 0 unspecified atom stereocenters. The van der Waals surface area contributed by atoms with Crippen LogP contribution in [0.5, 0.6) is 17.2 Å². The van der Waals surface area contributed by atoms with Gasteiger partial charge in [-0.25, -0.2) is 0 Å². The second-order valence-corrected chi connectivity index (χ2v) is 5.25. The summed E-state index contributed by atoms with van der Waals surface area (Å²) in [6.07, 6.45) is 0. The molecule has 0 spiro atoms. The smallest absolute Gasteiger partial charge is 0.491 e. The van der Waals surface area contributed by atoms with Gasteiger partial charge in [-0.1, -0.05) is 12.6 Å². The highest BCUT2D eigenvalue weighted by Crippen LogP contribution is 2.33. The van der Waals surface area contributed by atoms with Gasteiger partial charge in [0.15, 0.2) is 11.5 Å². The fourth-order valence-corrected chi connectivity index (χ4v) is 2.33. The summed E-state index contributed by atoms with van der Waals surface area (Å²) in [5.74, 6) is 1.13. The minimum absolute atomic E-state index is 0.102. The van der Waals surface area contributed by atoms with Crippen molar-refractivity contribution in [2.75, 3.05) is 6.61 Å². The van der Waals surface area contributed by atoms with Gasteiger partial charge >= 0.3 is 7.12 Å². The number of benzene rings is 2. The highest BCUT2D eigenvalue weighted by molar-refractivity contribution is 6.61. The third-order valence-electron chi connectivity index (χ3n) is 3.47. The first-order valence-corrected chi connectivity index (χ1v) is 7.21. The number of nitriles is 1. The number of nitrogens with zero attached hydrogens (tertiary/aromatic N) is 1. The van der Waals surface area contributed by atoms with E-state index in [-0.39, 0.29) is 12.4 Å². The van der Waals surface area contributed by atoms with Gasteiger partial charge < -0.3 is 24.3 Å². The van der Waals surface area contributed by atoms with Crippen LogP contribution in [-0.2, 0) is 11.3 Å². The first-order chi connectivity index (χ1) is 11.6. The Kier molecular flexibility index (Phi) is 4.42. The Labute approximate surface area is 139 Å². The van der Waals surface area contributed by atoms with E-state index in [1.165, 1.54) is 6.07 Å². The number of hydrogen-bond acceptors (Lipinski definition) is 6. The molecule has 0 aromatic heterocycles. The van der Waals surface area contributed by atoms with Crippen LogP contribution in [0.2, 0.25) is 0 Å². The molecule has 0 aliphatic carbocycles. The zero-order valence-corrected chi connectivity index (χ0v) is 12.7. The second-order valence-electron chi connectivity index (χ2n) is 5.25. The lowest BCUT2D eigenvalue weighted by Gasteiger charge is -2.13. The molecule has 1 heterocycles. The SMILES string of the molecule is C=C(O)COc1cc(C#N)ccc1Oc1ccc2c(c1)COB2O. The van der Waals surface area contributed by atoms with Crippen molar-refractivity contribution in [1.82, 2.24) is 0 Å². The quantitative estimate of drug-likeness (QED) is 0.646. The zero-order chi connectivity index (χ0) is 17.1. The molecule has 6 nitrogen and oxygen atoms in total. The van der Waals surface area contributed by atoms with Crippen LogP contribution in [0.15, 0.2) is 48.7 Å². The maximum absolute atomic E-state index is 9.64. The Morgan fingerprint density at radius 2 is 2.12 bits per heavy atom. The van der Waals surface area contributed by atoms with Crippen molar-refractivity contribution in [1.29, 1.82) is 5.26 Å². The summed E-state index contributed by atoms with van der Waals surface area (Å²) >= 11 is 0.